The fourth-order valence-corrected chi connectivity index (χ4v) is 0.764. The number of nitrogens with zero attached hydrogens (tertiary/aromatic N) is 2. The van der Waals surface area contributed by atoms with Crippen molar-refractivity contribution in [2.75, 3.05) is 0 Å². The van der Waals surface area contributed by atoms with Crippen molar-refractivity contribution in [1.29, 1.82) is 0 Å². The number of hydrogen-bond donors (Lipinski definition) is 1. The molecule has 0 aliphatic carbocycles. The van der Waals surface area contributed by atoms with Gasteiger partial charge in [-0.15, -0.1) is 0 Å². The first-order chi connectivity index (χ1) is 5.46. The van der Waals surface area contributed by atoms with Crippen molar-refractivity contribution in [2.45, 2.75) is 5.92 Å². The molecule has 1 aromatic rings. The Morgan fingerprint density at radius 1 is 1.69 bits per heavy atom. The van der Waals surface area contributed by atoms with Gasteiger partial charge in [-0.1, -0.05) is 0 Å². The van der Waals surface area contributed by atoms with Crippen molar-refractivity contribution in [3.05, 3.63) is 18.2 Å². The molecule has 0 bridgehead atoms. The van der Waals surface area contributed by atoms with E-state index in [-0.39, 0.29) is 18.9 Å². The van der Waals surface area contributed by atoms with Crippen LogP contribution in [0.15, 0.2) is 12.4 Å². The van der Waals surface area contributed by atoms with Gasteiger partial charge in [0.15, 0.2) is 5.82 Å². The van der Waals surface area contributed by atoms with E-state index in [1.807, 2.05) is 0 Å². The van der Waals surface area contributed by atoms with E-state index in [1.165, 1.54) is 13.2 Å². The van der Waals surface area contributed by atoms with Crippen LogP contribution in [0.4, 0.5) is 8.78 Å². The van der Waals surface area contributed by atoms with Crippen LogP contribution in [0.1, 0.15) is 5.82 Å². The maximum Gasteiger partial charge on any atom is 0.399 e. The zero-order valence-electron chi connectivity index (χ0n) is 7.16. The predicted octanol–water partition coefficient (Wildman–Crippen LogP) is 0.216. The summed E-state index contributed by atoms with van der Waals surface area (Å²) in [5.74, 6) is -6.88. The summed E-state index contributed by atoms with van der Waals surface area (Å²) < 4.78 is 26.3. The zero-order chi connectivity index (χ0) is 9.35. The summed E-state index contributed by atoms with van der Waals surface area (Å²) in [6.07, 6.45) is 2.37. The van der Waals surface area contributed by atoms with Gasteiger partial charge in [0.05, 0.1) is 0 Å². The molecule has 1 aromatic heterocycles. The number of carboxylic acids is 1. The SMILES string of the molecule is Cn1ccnc1C(F)(F)C(=O)O.[Li]. The number of rotatable bonds is 2. The Morgan fingerprint density at radius 2 is 2.23 bits per heavy atom. The Balaban J connectivity index is 0.00000144. The summed E-state index contributed by atoms with van der Waals surface area (Å²) in [4.78, 5) is 13.3. The average Bonchev–Trinajstić information content (AvgIpc) is 2.35. The third-order valence-corrected chi connectivity index (χ3v) is 1.37. The maximum atomic E-state index is 12.7. The molecule has 67 valence electrons. The molecule has 13 heavy (non-hydrogen) atoms. The van der Waals surface area contributed by atoms with Gasteiger partial charge in [0.25, 0.3) is 0 Å². The Morgan fingerprint density at radius 3 is 2.54 bits per heavy atom. The Labute approximate surface area is 84.7 Å². The first-order valence-corrected chi connectivity index (χ1v) is 3.05. The molecular formula is C6H6F2LiN2O2. The van der Waals surface area contributed by atoms with Crippen LogP contribution in [0.5, 0.6) is 0 Å². The van der Waals surface area contributed by atoms with Crippen LogP contribution in [0.2, 0.25) is 0 Å². The van der Waals surface area contributed by atoms with E-state index in [1.54, 1.807) is 0 Å². The molecular weight excluding hydrogens is 177 g/mol. The van der Waals surface area contributed by atoms with E-state index in [2.05, 4.69) is 4.98 Å². The summed E-state index contributed by atoms with van der Waals surface area (Å²) >= 11 is 0. The molecule has 1 rings (SSSR count). The molecule has 1 heterocycles. The molecule has 0 aliphatic heterocycles. The monoisotopic (exact) mass is 183 g/mol. The molecule has 0 saturated heterocycles. The quantitative estimate of drug-likeness (QED) is 0.667. The summed E-state index contributed by atoms with van der Waals surface area (Å²) in [6, 6.07) is 0. The first kappa shape index (κ1) is 12.1. The second-order valence-corrected chi connectivity index (χ2v) is 2.24. The van der Waals surface area contributed by atoms with Crippen molar-refractivity contribution in [3.63, 3.8) is 0 Å². The summed E-state index contributed by atoms with van der Waals surface area (Å²) in [5, 5.41) is 8.13. The minimum atomic E-state index is -3.92. The number of alkyl halides is 2. The van der Waals surface area contributed by atoms with Crippen LogP contribution >= 0.6 is 0 Å². The van der Waals surface area contributed by atoms with Gasteiger partial charge in [-0.05, 0) is 0 Å². The van der Waals surface area contributed by atoms with E-state index in [9.17, 15) is 13.6 Å². The normalized spacial score (nSPS) is 10.7. The minimum absolute atomic E-state index is 0. The summed E-state index contributed by atoms with van der Waals surface area (Å²) in [7, 11) is 1.30. The van der Waals surface area contributed by atoms with Crippen molar-refractivity contribution < 1.29 is 18.7 Å². The van der Waals surface area contributed by atoms with Crippen LogP contribution in [0, 0.1) is 0 Å². The van der Waals surface area contributed by atoms with Gasteiger partial charge in [-0.3, -0.25) is 0 Å². The first-order valence-electron chi connectivity index (χ1n) is 3.05. The zero-order valence-corrected chi connectivity index (χ0v) is 7.16. The van der Waals surface area contributed by atoms with Crippen LogP contribution in [0.3, 0.4) is 0 Å². The standard InChI is InChI=1S/C6H6F2N2O2.Li/c1-10-3-2-9-4(10)6(7,8)5(11)12;/h2-3H,1H3,(H,11,12);. The number of carbonyl (C=O) groups is 1. The van der Waals surface area contributed by atoms with Gasteiger partial charge >= 0.3 is 11.9 Å². The Hall–Kier alpha value is -0.863. The number of carboxylic acid groups (broad SMARTS) is 1. The van der Waals surface area contributed by atoms with E-state index in [0.717, 1.165) is 10.8 Å². The largest absolute Gasteiger partial charge is 0.476 e. The van der Waals surface area contributed by atoms with E-state index in [0.29, 0.717) is 0 Å². The van der Waals surface area contributed by atoms with Crippen molar-refractivity contribution in [3.8, 4) is 0 Å². The van der Waals surface area contributed by atoms with Crippen LogP contribution in [-0.2, 0) is 17.8 Å². The maximum absolute atomic E-state index is 12.7. The molecule has 0 fully saturated rings. The van der Waals surface area contributed by atoms with E-state index >= 15 is 0 Å². The molecule has 0 atom stereocenters. The fourth-order valence-electron chi connectivity index (χ4n) is 0.764. The number of aromatic nitrogens is 2. The third-order valence-electron chi connectivity index (χ3n) is 1.37. The van der Waals surface area contributed by atoms with Crippen LogP contribution in [0.25, 0.3) is 0 Å². The van der Waals surface area contributed by atoms with Gasteiger partial charge in [0.1, 0.15) is 0 Å². The third kappa shape index (κ3) is 2.08. The van der Waals surface area contributed by atoms with Crippen molar-refractivity contribution in [1.82, 2.24) is 9.55 Å². The molecule has 0 aromatic carbocycles. The van der Waals surface area contributed by atoms with Crippen molar-refractivity contribution in [2.24, 2.45) is 7.05 Å². The molecule has 1 N–H and O–H groups in total. The smallest absolute Gasteiger partial charge is 0.399 e. The van der Waals surface area contributed by atoms with Gasteiger partial charge < -0.3 is 9.67 Å². The molecule has 0 amide bonds. The Kier molecular flexibility index (Phi) is 3.64. The topological polar surface area (TPSA) is 55.1 Å². The van der Waals surface area contributed by atoms with Gasteiger partial charge in [-0.25, -0.2) is 9.78 Å². The summed E-state index contributed by atoms with van der Waals surface area (Å²) in [6.45, 7) is 0. The van der Waals surface area contributed by atoms with Gasteiger partial charge in [-0.2, -0.15) is 8.78 Å². The molecule has 4 nitrogen and oxygen atoms in total. The van der Waals surface area contributed by atoms with Crippen molar-refractivity contribution >= 4 is 24.8 Å². The molecule has 0 saturated carbocycles. The van der Waals surface area contributed by atoms with Crippen LogP contribution in [-0.4, -0.2) is 39.5 Å². The number of hydrogen-bond acceptors (Lipinski definition) is 2. The summed E-state index contributed by atoms with van der Waals surface area (Å²) in [5.41, 5.74) is 0. The minimum Gasteiger partial charge on any atom is -0.476 e. The number of imidazole rings is 1. The van der Waals surface area contributed by atoms with Crippen LogP contribution < -0.4 is 0 Å². The molecule has 0 unspecified atom stereocenters. The fraction of sp³-hybridized carbons (Fsp3) is 0.333. The number of aryl methyl sites for hydroxylation is 1. The molecule has 1 radical (unpaired) electrons. The van der Waals surface area contributed by atoms with Gasteiger partial charge in [0.2, 0.25) is 0 Å². The molecule has 0 spiro atoms. The number of halogens is 2. The number of aliphatic carboxylic acids is 1. The van der Waals surface area contributed by atoms with E-state index < -0.39 is 17.7 Å². The molecule has 0 aliphatic rings. The second kappa shape index (κ2) is 3.90. The Bertz CT molecular complexity index is 313. The predicted molar refractivity (Wildman–Crippen MR) is 40.5 cm³/mol. The molecule has 7 heteroatoms. The van der Waals surface area contributed by atoms with Gasteiger partial charge in [0, 0.05) is 38.3 Å². The van der Waals surface area contributed by atoms with E-state index in [4.69, 9.17) is 5.11 Å². The average molecular weight is 183 g/mol. The second-order valence-electron chi connectivity index (χ2n) is 2.24.